The van der Waals surface area contributed by atoms with E-state index in [2.05, 4.69) is 55.8 Å². The van der Waals surface area contributed by atoms with E-state index in [9.17, 15) is 5.11 Å². The Morgan fingerprint density at radius 2 is 2.05 bits per heavy atom. The van der Waals surface area contributed by atoms with Crippen molar-refractivity contribution in [1.82, 2.24) is 4.90 Å². The number of hydrogen-bond donors (Lipinski definition) is 1. The zero-order valence-electron chi connectivity index (χ0n) is 12.6. The van der Waals surface area contributed by atoms with Gasteiger partial charge in [-0.25, -0.2) is 0 Å². The van der Waals surface area contributed by atoms with E-state index in [0.29, 0.717) is 6.04 Å². The maximum absolute atomic E-state index is 9.74. The molecule has 2 unspecified atom stereocenters. The molecule has 106 valence electrons. The molecular weight excluding hydrogens is 236 g/mol. The Bertz CT molecular complexity index is 433. The van der Waals surface area contributed by atoms with Crippen molar-refractivity contribution >= 4 is 5.69 Å². The molecule has 3 nitrogen and oxygen atoms in total. The van der Waals surface area contributed by atoms with Crippen LogP contribution in [0.1, 0.15) is 24.5 Å². The minimum Gasteiger partial charge on any atom is -0.394 e. The van der Waals surface area contributed by atoms with Crippen LogP contribution in [-0.2, 0) is 0 Å². The first-order valence-electron chi connectivity index (χ1n) is 7.18. The lowest BCUT2D eigenvalue weighted by atomic mass is 10.1. The lowest BCUT2D eigenvalue weighted by Gasteiger charge is -2.33. The summed E-state index contributed by atoms with van der Waals surface area (Å²) in [5.74, 6) is 0. The van der Waals surface area contributed by atoms with Gasteiger partial charge in [0.25, 0.3) is 0 Å². The number of rotatable bonds is 2. The first-order valence-corrected chi connectivity index (χ1v) is 7.18. The molecule has 3 heteroatoms. The van der Waals surface area contributed by atoms with Crippen LogP contribution >= 0.6 is 0 Å². The molecule has 1 saturated heterocycles. The second kappa shape index (κ2) is 5.93. The second-order valence-corrected chi connectivity index (χ2v) is 5.83. The summed E-state index contributed by atoms with van der Waals surface area (Å²) in [6.07, 6.45) is 1.14. The molecule has 19 heavy (non-hydrogen) atoms. The number of aryl methyl sites for hydroxylation is 1. The van der Waals surface area contributed by atoms with Crippen LogP contribution < -0.4 is 4.90 Å². The second-order valence-electron chi connectivity index (χ2n) is 5.83. The molecule has 1 aliphatic heterocycles. The van der Waals surface area contributed by atoms with E-state index in [-0.39, 0.29) is 12.6 Å². The molecule has 1 aromatic carbocycles. The van der Waals surface area contributed by atoms with Gasteiger partial charge in [-0.05, 0) is 51.4 Å². The van der Waals surface area contributed by atoms with E-state index < -0.39 is 0 Å². The summed E-state index contributed by atoms with van der Waals surface area (Å²) in [6.45, 7) is 8.74. The molecule has 0 aromatic heterocycles. The highest BCUT2D eigenvalue weighted by Crippen LogP contribution is 2.27. The Hall–Kier alpha value is -1.06. The maximum Gasteiger partial charge on any atom is 0.0648 e. The highest BCUT2D eigenvalue weighted by atomic mass is 16.3. The predicted octanol–water partition coefficient (Wildman–Crippen LogP) is 2.19. The predicted molar refractivity (Wildman–Crippen MR) is 80.8 cm³/mol. The van der Waals surface area contributed by atoms with Gasteiger partial charge in [0.1, 0.15) is 0 Å². The van der Waals surface area contributed by atoms with Gasteiger partial charge in [0.2, 0.25) is 0 Å². The van der Waals surface area contributed by atoms with Crippen LogP contribution in [0.5, 0.6) is 0 Å². The topological polar surface area (TPSA) is 26.7 Å². The van der Waals surface area contributed by atoms with Gasteiger partial charge in [-0.3, -0.25) is 0 Å². The van der Waals surface area contributed by atoms with Crippen LogP contribution in [0.25, 0.3) is 0 Å². The molecule has 1 fully saturated rings. The molecule has 2 atom stereocenters. The number of nitrogens with zero attached hydrogens (tertiary/aromatic N) is 2. The normalized spacial score (nSPS) is 25.4. The van der Waals surface area contributed by atoms with Crippen molar-refractivity contribution in [3.8, 4) is 0 Å². The average Bonchev–Trinajstić information content (AvgIpc) is 2.54. The van der Waals surface area contributed by atoms with Crippen molar-refractivity contribution in [2.45, 2.75) is 39.3 Å². The van der Waals surface area contributed by atoms with Crippen LogP contribution in [0.4, 0.5) is 5.69 Å². The molecule has 2 rings (SSSR count). The van der Waals surface area contributed by atoms with Gasteiger partial charge >= 0.3 is 0 Å². The highest BCUT2D eigenvalue weighted by Gasteiger charge is 2.27. The zero-order chi connectivity index (χ0) is 14.0. The van der Waals surface area contributed by atoms with Crippen molar-refractivity contribution in [2.24, 2.45) is 0 Å². The van der Waals surface area contributed by atoms with Crippen LogP contribution in [0.15, 0.2) is 18.2 Å². The minimum absolute atomic E-state index is 0.190. The number of aliphatic hydroxyl groups is 1. The van der Waals surface area contributed by atoms with Crippen LogP contribution in [0.3, 0.4) is 0 Å². The Balaban J connectivity index is 2.33. The summed E-state index contributed by atoms with van der Waals surface area (Å²) in [5, 5.41) is 9.74. The Labute approximate surface area is 116 Å². The molecule has 1 heterocycles. The van der Waals surface area contributed by atoms with Gasteiger partial charge in [-0.2, -0.15) is 0 Å². The summed E-state index contributed by atoms with van der Waals surface area (Å²) in [7, 11) is 2.15. The van der Waals surface area contributed by atoms with Gasteiger partial charge < -0.3 is 14.9 Å². The van der Waals surface area contributed by atoms with Gasteiger partial charge in [0.15, 0.2) is 0 Å². The molecule has 1 aliphatic rings. The van der Waals surface area contributed by atoms with Crippen LogP contribution in [0.2, 0.25) is 0 Å². The van der Waals surface area contributed by atoms with E-state index in [4.69, 9.17) is 0 Å². The van der Waals surface area contributed by atoms with Crippen molar-refractivity contribution in [2.75, 3.05) is 31.6 Å². The molecule has 0 bridgehead atoms. The van der Waals surface area contributed by atoms with E-state index in [1.54, 1.807) is 0 Å². The third-order valence-electron chi connectivity index (χ3n) is 4.58. The first kappa shape index (κ1) is 14.4. The molecule has 0 spiro atoms. The minimum atomic E-state index is 0.190. The first-order chi connectivity index (χ1) is 9.04. The largest absolute Gasteiger partial charge is 0.394 e. The summed E-state index contributed by atoms with van der Waals surface area (Å²) >= 11 is 0. The SMILES string of the molecule is Cc1cccc(N2CCC(C)N(C)CC2CO)c1C. The highest BCUT2D eigenvalue weighted by molar-refractivity contribution is 5.57. The van der Waals surface area contributed by atoms with E-state index in [1.165, 1.54) is 16.8 Å². The fraction of sp³-hybridized carbons (Fsp3) is 0.625. The lowest BCUT2D eigenvalue weighted by Crippen LogP contribution is -2.43. The number of anilines is 1. The maximum atomic E-state index is 9.74. The van der Waals surface area contributed by atoms with Gasteiger partial charge in [-0.1, -0.05) is 12.1 Å². The molecule has 1 aromatic rings. The summed E-state index contributed by atoms with van der Waals surface area (Å²) in [6, 6.07) is 7.21. The van der Waals surface area contributed by atoms with E-state index in [1.807, 2.05) is 0 Å². The number of aliphatic hydroxyl groups excluding tert-OH is 1. The average molecular weight is 262 g/mol. The van der Waals surface area contributed by atoms with Crippen LogP contribution in [0, 0.1) is 13.8 Å². The zero-order valence-corrected chi connectivity index (χ0v) is 12.6. The van der Waals surface area contributed by atoms with E-state index in [0.717, 1.165) is 19.5 Å². The molecular formula is C16H26N2O. The monoisotopic (exact) mass is 262 g/mol. The summed E-state index contributed by atoms with van der Waals surface area (Å²) in [4.78, 5) is 4.74. The number of hydrogen-bond acceptors (Lipinski definition) is 3. The smallest absolute Gasteiger partial charge is 0.0648 e. The van der Waals surface area contributed by atoms with Gasteiger partial charge in [0, 0.05) is 24.8 Å². The molecule has 1 N–H and O–H groups in total. The van der Waals surface area contributed by atoms with Gasteiger partial charge in [0.05, 0.1) is 12.6 Å². The molecule has 0 amide bonds. The van der Waals surface area contributed by atoms with Crippen LogP contribution in [-0.4, -0.2) is 48.8 Å². The number of likely N-dealkylation sites (N-methyl/N-ethyl adjacent to an activating group) is 1. The Morgan fingerprint density at radius 1 is 1.32 bits per heavy atom. The Kier molecular flexibility index (Phi) is 4.48. The van der Waals surface area contributed by atoms with Crippen molar-refractivity contribution in [1.29, 1.82) is 0 Å². The van der Waals surface area contributed by atoms with Gasteiger partial charge in [-0.15, -0.1) is 0 Å². The van der Waals surface area contributed by atoms with E-state index >= 15 is 0 Å². The lowest BCUT2D eigenvalue weighted by molar-refractivity contribution is 0.206. The van der Waals surface area contributed by atoms with Crippen molar-refractivity contribution in [3.63, 3.8) is 0 Å². The molecule has 0 saturated carbocycles. The third-order valence-corrected chi connectivity index (χ3v) is 4.58. The fourth-order valence-corrected chi connectivity index (χ4v) is 2.86. The molecule has 0 radical (unpaired) electrons. The fourth-order valence-electron chi connectivity index (χ4n) is 2.86. The number of benzene rings is 1. The summed E-state index contributed by atoms with van der Waals surface area (Å²) in [5.41, 5.74) is 3.93. The third kappa shape index (κ3) is 2.93. The summed E-state index contributed by atoms with van der Waals surface area (Å²) < 4.78 is 0. The quantitative estimate of drug-likeness (QED) is 0.885. The van der Waals surface area contributed by atoms with Crippen molar-refractivity contribution < 1.29 is 5.11 Å². The Morgan fingerprint density at radius 3 is 2.74 bits per heavy atom. The molecule has 0 aliphatic carbocycles. The standard InChI is InChI=1S/C16H26N2O/c1-12-6-5-7-16(14(12)3)18-9-8-13(2)17(4)10-15(18)11-19/h5-7,13,15,19H,8-11H2,1-4H3. The van der Waals surface area contributed by atoms with Crippen molar-refractivity contribution in [3.05, 3.63) is 29.3 Å².